The number of amides is 2. The van der Waals surface area contributed by atoms with Gasteiger partial charge < -0.3 is 0 Å². The zero-order valence-electron chi connectivity index (χ0n) is 11.2. The van der Waals surface area contributed by atoms with Crippen LogP contribution in [0.1, 0.15) is 32.8 Å². The molecule has 0 atom stereocenters. The van der Waals surface area contributed by atoms with Crippen molar-refractivity contribution in [1.82, 2.24) is 9.88 Å². The summed E-state index contributed by atoms with van der Waals surface area (Å²) in [5.41, 5.74) is 1.63. The number of nitrogens with zero attached hydrogens (tertiary/aromatic N) is 2. The first kappa shape index (κ1) is 13.1. The minimum absolute atomic E-state index is 0.241. The van der Waals surface area contributed by atoms with E-state index in [-0.39, 0.29) is 11.8 Å². The number of hydrogen-bond acceptors (Lipinski definition) is 3. The lowest BCUT2D eigenvalue weighted by molar-refractivity contribution is 0.0658. The molecule has 1 aromatic carbocycles. The zero-order chi connectivity index (χ0) is 14.7. The highest BCUT2D eigenvalue weighted by molar-refractivity contribution is 6.21. The summed E-state index contributed by atoms with van der Waals surface area (Å²) in [5.74, 6) is 5.37. The fourth-order valence-corrected chi connectivity index (χ4v) is 2.20. The highest BCUT2D eigenvalue weighted by atomic mass is 16.2. The van der Waals surface area contributed by atoms with Crippen LogP contribution in [-0.2, 0) is 0 Å². The summed E-state index contributed by atoms with van der Waals surface area (Å²) in [6, 6.07) is 12.4. The van der Waals surface area contributed by atoms with Crippen LogP contribution in [0, 0.1) is 11.8 Å². The molecule has 2 heterocycles. The molecule has 0 N–H and O–H groups in total. The number of carbonyl (C=O) groups is 2. The average Bonchev–Trinajstić information content (AvgIpc) is 2.77. The lowest BCUT2D eigenvalue weighted by Crippen LogP contribution is -2.30. The van der Waals surface area contributed by atoms with Crippen LogP contribution < -0.4 is 0 Å². The van der Waals surface area contributed by atoms with E-state index in [9.17, 15) is 9.59 Å². The molecule has 102 valence electrons. The Hall–Kier alpha value is -2.93. The van der Waals surface area contributed by atoms with E-state index in [1.54, 1.807) is 30.5 Å². The highest BCUT2D eigenvalue weighted by Gasteiger charge is 2.34. The number of fused-ring (bicyclic) bond motifs is 1. The van der Waals surface area contributed by atoms with Gasteiger partial charge in [-0.2, -0.15) is 0 Å². The van der Waals surface area contributed by atoms with E-state index in [2.05, 4.69) is 16.8 Å². The third-order valence-electron chi connectivity index (χ3n) is 3.22. The van der Waals surface area contributed by atoms with E-state index in [1.807, 2.05) is 18.2 Å². The number of rotatable bonds is 2. The third kappa shape index (κ3) is 2.54. The van der Waals surface area contributed by atoms with Crippen LogP contribution in [0.25, 0.3) is 0 Å². The van der Waals surface area contributed by atoms with Crippen molar-refractivity contribution in [2.75, 3.05) is 6.54 Å². The fraction of sp³-hybridized carbons (Fsp3) is 0.118. The smallest absolute Gasteiger partial charge is 0.261 e. The van der Waals surface area contributed by atoms with Gasteiger partial charge in [0.1, 0.15) is 5.69 Å². The quantitative estimate of drug-likeness (QED) is 0.623. The molecule has 1 aliphatic heterocycles. The second-order valence-corrected chi connectivity index (χ2v) is 4.57. The van der Waals surface area contributed by atoms with Crippen molar-refractivity contribution in [2.24, 2.45) is 0 Å². The molecule has 0 unspecified atom stereocenters. The van der Waals surface area contributed by atoms with E-state index in [0.717, 1.165) is 0 Å². The molecule has 1 aromatic heterocycles. The Bertz CT molecular complexity index is 722. The van der Waals surface area contributed by atoms with E-state index < -0.39 is 0 Å². The maximum Gasteiger partial charge on any atom is 0.261 e. The first-order chi connectivity index (χ1) is 10.3. The van der Waals surface area contributed by atoms with Gasteiger partial charge in [0.2, 0.25) is 0 Å². The first-order valence-corrected chi connectivity index (χ1v) is 6.62. The van der Waals surface area contributed by atoms with Crippen molar-refractivity contribution >= 4 is 11.8 Å². The van der Waals surface area contributed by atoms with Gasteiger partial charge in [0, 0.05) is 19.2 Å². The van der Waals surface area contributed by atoms with E-state index in [1.165, 1.54) is 4.90 Å². The second-order valence-electron chi connectivity index (χ2n) is 4.57. The Morgan fingerprint density at radius 2 is 1.62 bits per heavy atom. The Balaban J connectivity index is 1.67. The monoisotopic (exact) mass is 276 g/mol. The molecular weight excluding hydrogens is 264 g/mol. The number of hydrogen-bond donors (Lipinski definition) is 0. The lowest BCUT2D eigenvalue weighted by Gasteiger charge is -2.10. The van der Waals surface area contributed by atoms with Gasteiger partial charge >= 0.3 is 0 Å². The molecule has 2 aromatic rings. The van der Waals surface area contributed by atoms with Gasteiger partial charge in [-0.3, -0.25) is 14.5 Å². The number of benzene rings is 1. The summed E-state index contributed by atoms with van der Waals surface area (Å²) in [6.45, 7) is 0.298. The molecule has 0 spiro atoms. The van der Waals surface area contributed by atoms with E-state index >= 15 is 0 Å². The lowest BCUT2D eigenvalue weighted by atomic mass is 10.1. The van der Waals surface area contributed by atoms with Crippen molar-refractivity contribution in [1.29, 1.82) is 0 Å². The van der Waals surface area contributed by atoms with Gasteiger partial charge in [-0.25, -0.2) is 4.98 Å². The van der Waals surface area contributed by atoms with Crippen molar-refractivity contribution in [3.63, 3.8) is 0 Å². The van der Waals surface area contributed by atoms with E-state index in [0.29, 0.717) is 29.8 Å². The number of imide groups is 1. The molecule has 21 heavy (non-hydrogen) atoms. The largest absolute Gasteiger partial charge is 0.273 e. The first-order valence-electron chi connectivity index (χ1n) is 6.62. The minimum atomic E-state index is -0.241. The normalized spacial score (nSPS) is 12.9. The van der Waals surface area contributed by atoms with Crippen LogP contribution in [-0.4, -0.2) is 28.2 Å². The predicted molar refractivity (Wildman–Crippen MR) is 77.5 cm³/mol. The van der Waals surface area contributed by atoms with Gasteiger partial charge in [0.05, 0.1) is 11.1 Å². The molecule has 3 rings (SSSR count). The molecule has 2 amide bonds. The maximum atomic E-state index is 12.1. The Morgan fingerprint density at radius 1 is 0.952 bits per heavy atom. The maximum absolute atomic E-state index is 12.1. The summed E-state index contributed by atoms with van der Waals surface area (Å²) in [4.78, 5) is 29.6. The van der Waals surface area contributed by atoms with Crippen LogP contribution >= 0.6 is 0 Å². The van der Waals surface area contributed by atoms with Gasteiger partial charge in [-0.05, 0) is 30.2 Å². The summed E-state index contributed by atoms with van der Waals surface area (Å²) in [5, 5.41) is 0. The molecule has 4 nitrogen and oxygen atoms in total. The molecular formula is C17H12N2O2. The Labute approximate surface area is 122 Å². The molecule has 0 fully saturated rings. The van der Waals surface area contributed by atoms with Crippen LogP contribution in [0.5, 0.6) is 0 Å². The van der Waals surface area contributed by atoms with Gasteiger partial charge in [-0.1, -0.05) is 24.1 Å². The summed E-state index contributed by atoms with van der Waals surface area (Å²) >= 11 is 0. The molecule has 1 aliphatic rings. The Kier molecular flexibility index (Phi) is 3.48. The fourth-order valence-electron chi connectivity index (χ4n) is 2.20. The van der Waals surface area contributed by atoms with Crippen LogP contribution in [0.4, 0.5) is 0 Å². The molecule has 0 bridgehead atoms. The van der Waals surface area contributed by atoms with Crippen molar-refractivity contribution in [3.8, 4) is 11.8 Å². The highest BCUT2D eigenvalue weighted by Crippen LogP contribution is 2.22. The minimum Gasteiger partial charge on any atom is -0.273 e. The standard InChI is InChI=1S/C17H12N2O2/c20-16-14-9-1-2-10-15(14)17(21)19(16)12-6-4-8-13-7-3-5-11-18-13/h1-3,5,7,9-11H,6,12H2. The number of pyridine rings is 1. The summed E-state index contributed by atoms with van der Waals surface area (Å²) in [6.07, 6.45) is 2.11. The second kappa shape index (κ2) is 5.59. The average molecular weight is 276 g/mol. The van der Waals surface area contributed by atoms with Crippen LogP contribution in [0.15, 0.2) is 48.7 Å². The topological polar surface area (TPSA) is 50.3 Å². The SMILES string of the molecule is O=C1c2ccccc2C(=O)N1CCC#Cc1ccccn1. The Morgan fingerprint density at radius 3 is 2.24 bits per heavy atom. The van der Waals surface area contributed by atoms with E-state index in [4.69, 9.17) is 0 Å². The number of aromatic nitrogens is 1. The molecule has 0 saturated heterocycles. The molecule has 0 radical (unpaired) electrons. The number of carbonyl (C=O) groups excluding carboxylic acids is 2. The molecule has 4 heteroatoms. The van der Waals surface area contributed by atoms with Gasteiger partial charge in [0.15, 0.2) is 0 Å². The molecule has 0 saturated carbocycles. The predicted octanol–water partition coefficient (Wildman–Crippen LogP) is 2.12. The zero-order valence-corrected chi connectivity index (χ0v) is 11.2. The van der Waals surface area contributed by atoms with Gasteiger partial charge in [-0.15, -0.1) is 0 Å². The van der Waals surface area contributed by atoms with Crippen molar-refractivity contribution < 1.29 is 9.59 Å². The third-order valence-corrected chi connectivity index (χ3v) is 3.22. The summed E-state index contributed by atoms with van der Waals surface area (Å²) in [7, 11) is 0. The molecule has 0 aliphatic carbocycles. The van der Waals surface area contributed by atoms with Crippen LogP contribution in [0.2, 0.25) is 0 Å². The van der Waals surface area contributed by atoms with Crippen LogP contribution in [0.3, 0.4) is 0 Å². The summed E-state index contributed by atoms with van der Waals surface area (Å²) < 4.78 is 0. The van der Waals surface area contributed by atoms with Gasteiger partial charge in [0.25, 0.3) is 11.8 Å². The van der Waals surface area contributed by atoms with Crippen molar-refractivity contribution in [3.05, 3.63) is 65.5 Å². The van der Waals surface area contributed by atoms with Crippen molar-refractivity contribution in [2.45, 2.75) is 6.42 Å².